The quantitative estimate of drug-likeness (QED) is 0.853. The second kappa shape index (κ2) is 5.71. The minimum absolute atomic E-state index is 0.446. The third-order valence-corrected chi connectivity index (χ3v) is 3.21. The fourth-order valence-electron chi connectivity index (χ4n) is 1.84. The van der Waals surface area contributed by atoms with Crippen LogP contribution in [0, 0.1) is 0 Å². The number of nitrogens with zero attached hydrogens (tertiary/aromatic N) is 4. The van der Waals surface area contributed by atoms with Crippen LogP contribution in [-0.4, -0.2) is 19.6 Å². The van der Waals surface area contributed by atoms with Gasteiger partial charge in [-0.3, -0.25) is 9.36 Å². The fourth-order valence-corrected chi connectivity index (χ4v) is 1.84. The predicted octanol–water partition coefficient (Wildman–Crippen LogP) is 2.68. The largest absolute Gasteiger partial charge is 0.363 e. The first kappa shape index (κ1) is 12.7. The second-order valence-electron chi connectivity index (χ2n) is 4.43. The lowest BCUT2D eigenvalue weighted by molar-refractivity contribution is 0.479. The Balaban J connectivity index is 1.96. The van der Waals surface area contributed by atoms with E-state index < -0.39 is 0 Å². The molecular formula is C13H21N5. The molecule has 18 heavy (non-hydrogen) atoms. The summed E-state index contributed by atoms with van der Waals surface area (Å²) in [5, 5.41) is 12.1. The number of nitrogens with one attached hydrogen (secondary N) is 1. The number of anilines is 1. The van der Waals surface area contributed by atoms with E-state index in [4.69, 9.17) is 0 Å². The maximum Gasteiger partial charge on any atom is 0.148 e. The SMILES string of the molecule is CC[C@H](C)n1ccc(NCc2ccnn2CC)n1. The number of rotatable bonds is 6. The van der Waals surface area contributed by atoms with E-state index in [1.54, 1.807) is 0 Å². The van der Waals surface area contributed by atoms with Crippen molar-refractivity contribution < 1.29 is 0 Å². The van der Waals surface area contributed by atoms with Crippen LogP contribution in [0.5, 0.6) is 0 Å². The average molecular weight is 247 g/mol. The normalized spacial score (nSPS) is 12.6. The smallest absolute Gasteiger partial charge is 0.148 e. The monoisotopic (exact) mass is 247 g/mol. The summed E-state index contributed by atoms with van der Waals surface area (Å²) in [6.07, 6.45) is 4.94. The average Bonchev–Trinajstić information content (AvgIpc) is 3.03. The van der Waals surface area contributed by atoms with E-state index in [1.165, 1.54) is 5.69 Å². The molecule has 2 aromatic heterocycles. The molecular weight excluding hydrogens is 226 g/mol. The van der Waals surface area contributed by atoms with E-state index in [9.17, 15) is 0 Å². The molecule has 2 aromatic rings. The van der Waals surface area contributed by atoms with Gasteiger partial charge in [-0.05, 0) is 26.3 Å². The van der Waals surface area contributed by atoms with Crippen LogP contribution in [0.4, 0.5) is 5.82 Å². The summed E-state index contributed by atoms with van der Waals surface area (Å²) in [4.78, 5) is 0. The van der Waals surface area contributed by atoms with Crippen molar-refractivity contribution in [3.05, 3.63) is 30.2 Å². The van der Waals surface area contributed by atoms with Gasteiger partial charge >= 0.3 is 0 Å². The molecule has 1 N–H and O–H groups in total. The Morgan fingerprint density at radius 2 is 2.17 bits per heavy atom. The van der Waals surface area contributed by atoms with Gasteiger partial charge in [0.15, 0.2) is 0 Å². The summed E-state index contributed by atoms with van der Waals surface area (Å²) in [5.74, 6) is 0.916. The third-order valence-electron chi connectivity index (χ3n) is 3.21. The van der Waals surface area contributed by atoms with E-state index >= 15 is 0 Å². The Bertz CT molecular complexity index is 485. The molecule has 1 atom stereocenters. The van der Waals surface area contributed by atoms with Crippen LogP contribution < -0.4 is 5.32 Å². The van der Waals surface area contributed by atoms with Gasteiger partial charge in [0.1, 0.15) is 5.82 Å². The van der Waals surface area contributed by atoms with Crippen molar-refractivity contribution in [1.82, 2.24) is 19.6 Å². The number of aryl methyl sites for hydroxylation is 1. The molecule has 0 aliphatic rings. The predicted molar refractivity (Wildman–Crippen MR) is 72.5 cm³/mol. The second-order valence-corrected chi connectivity index (χ2v) is 4.43. The third kappa shape index (κ3) is 2.72. The molecule has 0 aliphatic heterocycles. The molecule has 2 heterocycles. The van der Waals surface area contributed by atoms with Gasteiger partial charge in [-0.2, -0.15) is 10.2 Å². The van der Waals surface area contributed by atoms with Crippen molar-refractivity contribution in [3.8, 4) is 0 Å². The summed E-state index contributed by atoms with van der Waals surface area (Å²) in [5.41, 5.74) is 1.18. The lowest BCUT2D eigenvalue weighted by Gasteiger charge is -2.09. The molecule has 0 amide bonds. The molecule has 0 radical (unpaired) electrons. The minimum Gasteiger partial charge on any atom is -0.363 e. The first-order valence-corrected chi connectivity index (χ1v) is 6.54. The first-order chi connectivity index (χ1) is 8.74. The fraction of sp³-hybridized carbons (Fsp3) is 0.538. The summed E-state index contributed by atoms with van der Waals surface area (Å²) in [6.45, 7) is 8.08. The Kier molecular flexibility index (Phi) is 4.02. The lowest BCUT2D eigenvalue weighted by atomic mass is 10.3. The minimum atomic E-state index is 0.446. The topological polar surface area (TPSA) is 47.7 Å². The van der Waals surface area contributed by atoms with Crippen LogP contribution in [0.2, 0.25) is 0 Å². The van der Waals surface area contributed by atoms with Gasteiger partial charge in [0.05, 0.1) is 12.2 Å². The van der Waals surface area contributed by atoms with Gasteiger partial charge in [-0.1, -0.05) is 6.92 Å². The molecule has 0 saturated heterocycles. The molecule has 5 heteroatoms. The van der Waals surface area contributed by atoms with Crippen molar-refractivity contribution in [2.24, 2.45) is 0 Å². The zero-order valence-corrected chi connectivity index (χ0v) is 11.3. The van der Waals surface area contributed by atoms with Crippen molar-refractivity contribution in [3.63, 3.8) is 0 Å². The molecule has 0 fully saturated rings. The Morgan fingerprint density at radius 1 is 1.33 bits per heavy atom. The van der Waals surface area contributed by atoms with E-state index in [0.717, 1.165) is 25.3 Å². The van der Waals surface area contributed by atoms with Crippen LogP contribution in [0.1, 0.15) is 38.9 Å². The van der Waals surface area contributed by atoms with Crippen LogP contribution in [0.25, 0.3) is 0 Å². The molecule has 0 spiro atoms. The maximum absolute atomic E-state index is 4.51. The number of aromatic nitrogens is 4. The van der Waals surface area contributed by atoms with Crippen molar-refractivity contribution in [2.75, 3.05) is 5.32 Å². The van der Waals surface area contributed by atoms with Crippen molar-refractivity contribution in [1.29, 1.82) is 0 Å². The standard InChI is InChI=1S/C13H21N5/c1-4-11(3)18-9-7-13(16-18)14-10-12-6-8-15-17(12)5-2/h6-9,11H,4-5,10H2,1-3H3,(H,14,16)/t11-/m0/s1. The maximum atomic E-state index is 4.51. The van der Waals surface area contributed by atoms with E-state index in [1.807, 2.05) is 33.9 Å². The van der Waals surface area contributed by atoms with Gasteiger partial charge < -0.3 is 5.32 Å². The summed E-state index contributed by atoms with van der Waals surface area (Å²) >= 11 is 0. The van der Waals surface area contributed by atoms with Gasteiger partial charge in [0, 0.05) is 31.0 Å². The Labute approximate surface area is 108 Å². The summed E-state index contributed by atoms with van der Waals surface area (Å²) in [7, 11) is 0. The molecule has 98 valence electrons. The summed E-state index contributed by atoms with van der Waals surface area (Å²) < 4.78 is 3.98. The van der Waals surface area contributed by atoms with Crippen molar-refractivity contribution in [2.45, 2.75) is 46.3 Å². The van der Waals surface area contributed by atoms with E-state index in [2.05, 4.69) is 36.3 Å². The van der Waals surface area contributed by atoms with Crippen LogP contribution >= 0.6 is 0 Å². The molecule has 0 unspecified atom stereocenters. The number of hydrogen-bond acceptors (Lipinski definition) is 3. The molecule has 0 aliphatic carbocycles. The zero-order valence-electron chi connectivity index (χ0n) is 11.3. The van der Waals surface area contributed by atoms with Crippen LogP contribution in [0.3, 0.4) is 0 Å². The van der Waals surface area contributed by atoms with E-state index in [-0.39, 0.29) is 0 Å². The molecule has 2 rings (SSSR count). The van der Waals surface area contributed by atoms with Gasteiger partial charge in [-0.25, -0.2) is 0 Å². The zero-order chi connectivity index (χ0) is 13.0. The van der Waals surface area contributed by atoms with Crippen LogP contribution in [-0.2, 0) is 13.1 Å². The Hall–Kier alpha value is -1.78. The first-order valence-electron chi connectivity index (χ1n) is 6.54. The highest BCUT2D eigenvalue weighted by Gasteiger charge is 2.05. The van der Waals surface area contributed by atoms with Gasteiger partial charge in [-0.15, -0.1) is 0 Å². The van der Waals surface area contributed by atoms with Gasteiger partial charge in [0.25, 0.3) is 0 Å². The lowest BCUT2D eigenvalue weighted by Crippen LogP contribution is -2.09. The Morgan fingerprint density at radius 3 is 2.89 bits per heavy atom. The highest BCUT2D eigenvalue weighted by molar-refractivity contribution is 5.33. The highest BCUT2D eigenvalue weighted by atomic mass is 15.3. The molecule has 0 saturated carbocycles. The molecule has 5 nitrogen and oxygen atoms in total. The van der Waals surface area contributed by atoms with E-state index in [0.29, 0.717) is 6.04 Å². The highest BCUT2D eigenvalue weighted by Crippen LogP contribution is 2.12. The molecule has 0 aromatic carbocycles. The van der Waals surface area contributed by atoms with Crippen LogP contribution in [0.15, 0.2) is 24.5 Å². The van der Waals surface area contributed by atoms with Gasteiger partial charge in [0.2, 0.25) is 0 Å². The number of hydrogen-bond donors (Lipinski definition) is 1. The summed E-state index contributed by atoms with van der Waals surface area (Å²) in [6, 6.07) is 4.49. The molecule has 0 bridgehead atoms. The van der Waals surface area contributed by atoms with Crippen molar-refractivity contribution >= 4 is 5.82 Å².